The Morgan fingerprint density at radius 3 is 2.52 bits per heavy atom. The molecule has 0 fully saturated rings. The number of carbonyl (C=O) groups is 1. The molecule has 13 heteroatoms. The lowest BCUT2D eigenvalue weighted by Crippen LogP contribution is -2.49. The number of nitrogens with zero attached hydrogens (tertiary/aromatic N) is 2. The van der Waals surface area contributed by atoms with Crippen molar-refractivity contribution in [2.45, 2.75) is 38.0 Å². The largest absolute Gasteiger partial charge is 0.389 e. The Morgan fingerprint density at radius 1 is 1.29 bits per heavy atom. The highest BCUT2D eigenvalue weighted by atomic mass is 32.2. The standard InChI is InChI=1S/C18H20F2N4O5S2/c1-2-31(28,29)24-18-23-14(9-30-18)17(27)22-13(16(26)15(25)3-4-21)7-10-5-11(19)8-12(20)6-10/h5-6,8-9,13,15-16,25-26H,2-3,7H2,1H3,(H,22,27)(H,23,24). The molecule has 0 aliphatic carbocycles. The van der Waals surface area contributed by atoms with Crippen LogP contribution in [0.5, 0.6) is 0 Å². The number of hydrogen-bond donors (Lipinski definition) is 4. The van der Waals surface area contributed by atoms with Crippen molar-refractivity contribution < 1.29 is 32.2 Å². The number of halogens is 2. The summed E-state index contributed by atoms with van der Waals surface area (Å²) in [6, 6.07) is 3.13. The number of aliphatic hydroxyl groups excluding tert-OH is 2. The van der Waals surface area contributed by atoms with Crippen molar-refractivity contribution in [1.82, 2.24) is 10.3 Å². The highest BCUT2D eigenvalue weighted by molar-refractivity contribution is 7.92. The maximum atomic E-state index is 13.5. The summed E-state index contributed by atoms with van der Waals surface area (Å²) in [5.74, 6) is -2.73. The molecule has 0 spiro atoms. The van der Waals surface area contributed by atoms with Gasteiger partial charge in [-0.2, -0.15) is 5.26 Å². The number of amides is 1. The highest BCUT2D eigenvalue weighted by Crippen LogP contribution is 2.18. The lowest BCUT2D eigenvalue weighted by atomic mass is 9.96. The number of anilines is 1. The molecular formula is C18H20F2N4O5S2. The quantitative estimate of drug-likeness (QED) is 0.403. The molecule has 1 aromatic carbocycles. The van der Waals surface area contributed by atoms with Gasteiger partial charge in [0, 0.05) is 11.4 Å². The maximum Gasteiger partial charge on any atom is 0.271 e. The highest BCUT2D eigenvalue weighted by Gasteiger charge is 2.29. The average molecular weight is 475 g/mol. The molecule has 0 saturated carbocycles. The van der Waals surface area contributed by atoms with Crippen molar-refractivity contribution in [2.75, 3.05) is 10.5 Å². The van der Waals surface area contributed by atoms with Crippen LogP contribution < -0.4 is 10.0 Å². The van der Waals surface area contributed by atoms with Gasteiger partial charge in [-0.15, -0.1) is 11.3 Å². The average Bonchev–Trinajstić information content (AvgIpc) is 3.14. The number of nitriles is 1. The van der Waals surface area contributed by atoms with Crippen LogP contribution in [0.2, 0.25) is 0 Å². The molecule has 1 heterocycles. The van der Waals surface area contributed by atoms with E-state index < -0.39 is 52.2 Å². The normalized spacial score (nSPS) is 14.3. The first-order valence-electron chi connectivity index (χ1n) is 8.99. The van der Waals surface area contributed by atoms with Gasteiger partial charge >= 0.3 is 0 Å². The maximum absolute atomic E-state index is 13.5. The molecule has 3 unspecified atom stereocenters. The summed E-state index contributed by atoms with van der Waals surface area (Å²) in [4.78, 5) is 16.4. The van der Waals surface area contributed by atoms with Crippen LogP contribution >= 0.6 is 11.3 Å². The van der Waals surface area contributed by atoms with Gasteiger partial charge in [0.25, 0.3) is 5.91 Å². The fourth-order valence-electron chi connectivity index (χ4n) is 2.59. The van der Waals surface area contributed by atoms with Crippen LogP contribution in [-0.2, 0) is 16.4 Å². The van der Waals surface area contributed by atoms with Crippen molar-refractivity contribution in [3.05, 3.63) is 46.5 Å². The molecule has 1 aromatic heterocycles. The van der Waals surface area contributed by atoms with Gasteiger partial charge in [0.15, 0.2) is 5.13 Å². The van der Waals surface area contributed by atoms with Crippen LogP contribution in [-0.4, -0.2) is 53.5 Å². The summed E-state index contributed by atoms with van der Waals surface area (Å²) in [5, 5.41) is 32.7. The molecule has 0 radical (unpaired) electrons. The summed E-state index contributed by atoms with van der Waals surface area (Å²) in [6.45, 7) is 1.43. The Bertz CT molecular complexity index is 1050. The van der Waals surface area contributed by atoms with Crippen molar-refractivity contribution in [2.24, 2.45) is 0 Å². The molecule has 3 atom stereocenters. The summed E-state index contributed by atoms with van der Waals surface area (Å²) in [6.07, 6.45) is -3.86. The van der Waals surface area contributed by atoms with Crippen LogP contribution in [0.15, 0.2) is 23.6 Å². The molecular weight excluding hydrogens is 454 g/mol. The van der Waals surface area contributed by atoms with Gasteiger partial charge in [0.2, 0.25) is 10.0 Å². The van der Waals surface area contributed by atoms with Gasteiger partial charge in [-0.3, -0.25) is 9.52 Å². The zero-order chi connectivity index (χ0) is 23.2. The number of aliphatic hydroxyl groups is 2. The van der Waals surface area contributed by atoms with E-state index in [0.717, 1.165) is 23.5 Å². The fourth-order valence-corrected chi connectivity index (χ4v) is 4.16. The van der Waals surface area contributed by atoms with E-state index in [4.69, 9.17) is 5.26 Å². The first-order chi connectivity index (χ1) is 14.5. The second kappa shape index (κ2) is 10.6. The zero-order valence-electron chi connectivity index (χ0n) is 16.2. The van der Waals surface area contributed by atoms with Crippen molar-refractivity contribution >= 4 is 32.4 Å². The zero-order valence-corrected chi connectivity index (χ0v) is 17.9. The van der Waals surface area contributed by atoms with Crippen molar-refractivity contribution in [3.8, 4) is 6.07 Å². The molecule has 2 aromatic rings. The van der Waals surface area contributed by atoms with E-state index in [2.05, 4.69) is 15.0 Å². The minimum absolute atomic E-state index is 0.0409. The van der Waals surface area contributed by atoms with E-state index in [1.165, 1.54) is 12.3 Å². The predicted octanol–water partition coefficient (Wildman–Crippen LogP) is 1.16. The topological polar surface area (TPSA) is 152 Å². The number of hydrogen-bond acceptors (Lipinski definition) is 8. The van der Waals surface area contributed by atoms with E-state index in [-0.39, 0.29) is 28.6 Å². The Hall–Kier alpha value is -2.66. The molecule has 9 nitrogen and oxygen atoms in total. The van der Waals surface area contributed by atoms with E-state index >= 15 is 0 Å². The Balaban J connectivity index is 2.23. The number of carbonyl (C=O) groups excluding carboxylic acids is 1. The van der Waals surface area contributed by atoms with Crippen molar-refractivity contribution in [3.63, 3.8) is 0 Å². The van der Waals surface area contributed by atoms with E-state index in [0.29, 0.717) is 6.07 Å². The lowest BCUT2D eigenvalue weighted by Gasteiger charge is -2.26. The second-order valence-corrected chi connectivity index (χ2v) is 9.39. The van der Waals surface area contributed by atoms with Gasteiger partial charge in [-0.25, -0.2) is 22.2 Å². The van der Waals surface area contributed by atoms with Gasteiger partial charge in [-0.05, 0) is 31.0 Å². The minimum Gasteiger partial charge on any atom is -0.389 e. The molecule has 168 valence electrons. The number of nitrogens with one attached hydrogen (secondary N) is 2. The van der Waals surface area contributed by atoms with Crippen LogP contribution in [0.4, 0.5) is 13.9 Å². The van der Waals surface area contributed by atoms with Gasteiger partial charge < -0.3 is 15.5 Å². The monoisotopic (exact) mass is 474 g/mol. The third-order valence-electron chi connectivity index (χ3n) is 4.16. The number of aromatic nitrogens is 1. The molecule has 0 aliphatic rings. The first-order valence-corrected chi connectivity index (χ1v) is 11.5. The van der Waals surface area contributed by atoms with Crippen LogP contribution in [0.25, 0.3) is 0 Å². The minimum atomic E-state index is -3.60. The van der Waals surface area contributed by atoms with Crippen LogP contribution in [0, 0.1) is 23.0 Å². The Kier molecular flexibility index (Phi) is 8.40. The van der Waals surface area contributed by atoms with E-state index in [1.807, 2.05) is 0 Å². The predicted molar refractivity (Wildman–Crippen MR) is 109 cm³/mol. The molecule has 0 saturated heterocycles. The molecule has 1 amide bonds. The molecule has 0 bridgehead atoms. The van der Waals surface area contributed by atoms with Crippen molar-refractivity contribution in [1.29, 1.82) is 5.26 Å². The third kappa shape index (κ3) is 7.21. The number of thiazole rings is 1. The number of rotatable bonds is 10. The van der Waals surface area contributed by atoms with Crippen LogP contribution in [0.1, 0.15) is 29.4 Å². The molecule has 2 rings (SSSR count). The summed E-state index contributed by atoms with van der Waals surface area (Å²) >= 11 is 0.862. The van der Waals surface area contributed by atoms with E-state index in [1.54, 1.807) is 6.07 Å². The second-order valence-electron chi connectivity index (χ2n) is 6.53. The number of benzene rings is 1. The summed E-state index contributed by atoms with van der Waals surface area (Å²) < 4.78 is 52.4. The lowest BCUT2D eigenvalue weighted by molar-refractivity contribution is -0.000397. The Labute approximate surface area is 181 Å². The summed E-state index contributed by atoms with van der Waals surface area (Å²) in [7, 11) is -3.60. The van der Waals surface area contributed by atoms with Crippen LogP contribution in [0.3, 0.4) is 0 Å². The summed E-state index contributed by atoms with van der Waals surface area (Å²) in [5.41, 5.74) is -0.0723. The molecule has 31 heavy (non-hydrogen) atoms. The number of sulfonamides is 1. The van der Waals surface area contributed by atoms with Gasteiger partial charge in [0.05, 0.1) is 30.4 Å². The molecule has 4 N–H and O–H groups in total. The third-order valence-corrected chi connectivity index (χ3v) is 6.31. The first kappa shape index (κ1) is 24.6. The SMILES string of the molecule is CCS(=O)(=O)Nc1nc(C(=O)NC(Cc2cc(F)cc(F)c2)C(O)C(O)CC#N)cs1. The smallest absolute Gasteiger partial charge is 0.271 e. The fraction of sp³-hybridized carbons (Fsp3) is 0.389. The Morgan fingerprint density at radius 2 is 1.94 bits per heavy atom. The van der Waals surface area contributed by atoms with E-state index in [9.17, 15) is 32.2 Å². The molecule has 0 aliphatic heterocycles. The van der Waals surface area contributed by atoms with Gasteiger partial charge in [-0.1, -0.05) is 0 Å². The van der Waals surface area contributed by atoms with Gasteiger partial charge in [0.1, 0.15) is 23.4 Å².